The average molecular weight is 525 g/mol. The van der Waals surface area contributed by atoms with E-state index in [2.05, 4.69) is 28.4 Å². The van der Waals surface area contributed by atoms with E-state index in [1.54, 1.807) is 21.3 Å². The van der Waals surface area contributed by atoms with E-state index in [0.29, 0.717) is 11.5 Å². The number of hydrogen-bond acceptors (Lipinski definition) is 6. The average Bonchev–Trinajstić information content (AvgIpc) is 2.92. The fraction of sp³-hybridized carbons (Fsp3) is 0.581. The molecule has 1 amide bonds. The predicted molar refractivity (Wildman–Crippen MR) is 150 cm³/mol. The fourth-order valence-corrected chi connectivity index (χ4v) is 5.88. The second-order valence-corrected chi connectivity index (χ2v) is 10.8. The molecular formula is C31H44N2O5. The van der Waals surface area contributed by atoms with Crippen LogP contribution in [-0.2, 0) is 17.6 Å². The van der Waals surface area contributed by atoms with E-state index < -0.39 is 0 Å². The van der Waals surface area contributed by atoms with Crippen molar-refractivity contribution in [1.29, 1.82) is 0 Å². The highest BCUT2D eigenvalue weighted by Crippen LogP contribution is 2.41. The van der Waals surface area contributed by atoms with Crippen molar-refractivity contribution in [2.45, 2.75) is 89.9 Å². The highest BCUT2D eigenvalue weighted by molar-refractivity contribution is 5.81. The van der Waals surface area contributed by atoms with E-state index in [-0.39, 0.29) is 30.1 Å². The summed E-state index contributed by atoms with van der Waals surface area (Å²) < 4.78 is 22.9. The minimum Gasteiger partial charge on any atom is -0.493 e. The van der Waals surface area contributed by atoms with E-state index >= 15 is 0 Å². The molecule has 2 aromatic carbocycles. The van der Waals surface area contributed by atoms with Crippen molar-refractivity contribution in [3.63, 3.8) is 0 Å². The quantitative estimate of drug-likeness (QED) is 0.444. The molecule has 0 saturated heterocycles. The molecule has 38 heavy (non-hydrogen) atoms. The van der Waals surface area contributed by atoms with Crippen molar-refractivity contribution >= 4 is 5.91 Å². The first-order chi connectivity index (χ1) is 18.3. The van der Waals surface area contributed by atoms with Gasteiger partial charge in [-0.15, -0.1) is 0 Å². The summed E-state index contributed by atoms with van der Waals surface area (Å²) in [5.41, 5.74) is 3.53. The monoisotopic (exact) mass is 524 g/mol. The number of amides is 1. The first-order valence-electron chi connectivity index (χ1n) is 14.0. The summed E-state index contributed by atoms with van der Waals surface area (Å²) in [5, 5.41) is 3.35. The van der Waals surface area contributed by atoms with Gasteiger partial charge >= 0.3 is 0 Å². The maximum atomic E-state index is 13.5. The normalized spacial score (nSPS) is 19.0. The Bertz CT molecular complexity index is 1100. The van der Waals surface area contributed by atoms with Crippen molar-refractivity contribution in [3.8, 4) is 23.0 Å². The van der Waals surface area contributed by atoms with Crippen LogP contribution in [0.3, 0.4) is 0 Å². The summed E-state index contributed by atoms with van der Waals surface area (Å²) in [6, 6.07) is 10.3. The summed E-state index contributed by atoms with van der Waals surface area (Å²) in [7, 11) is 4.99. The van der Waals surface area contributed by atoms with Crippen LogP contribution in [0.15, 0.2) is 30.3 Å². The lowest BCUT2D eigenvalue weighted by molar-refractivity contribution is -0.128. The predicted octanol–water partition coefficient (Wildman–Crippen LogP) is 5.48. The van der Waals surface area contributed by atoms with Crippen molar-refractivity contribution in [1.82, 2.24) is 10.2 Å². The number of ether oxygens (including phenoxy) is 4. The molecule has 0 radical (unpaired) electrons. The van der Waals surface area contributed by atoms with E-state index in [1.807, 2.05) is 32.9 Å². The van der Waals surface area contributed by atoms with Crippen LogP contribution in [0.5, 0.6) is 23.0 Å². The summed E-state index contributed by atoms with van der Waals surface area (Å²) in [6.45, 7) is 6.87. The lowest BCUT2D eigenvalue weighted by Crippen LogP contribution is -2.52. The van der Waals surface area contributed by atoms with Crippen LogP contribution in [-0.4, -0.2) is 56.9 Å². The lowest BCUT2D eigenvalue weighted by atomic mass is 9.87. The van der Waals surface area contributed by atoms with Crippen molar-refractivity contribution < 1.29 is 23.7 Å². The highest BCUT2D eigenvalue weighted by Gasteiger charge is 2.35. The van der Waals surface area contributed by atoms with Crippen LogP contribution in [0.25, 0.3) is 0 Å². The molecule has 1 N–H and O–H groups in total. The molecule has 4 rings (SSSR count). The molecule has 208 valence electrons. The molecule has 2 atom stereocenters. The maximum absolute atomic E-state index is 13.5. The largest absolute Gasteiger partial charge is 0.493 e. The zero-order valence-corrected chi connectivity index (χ0v) is 23.8. The van der Waals surface area contributed by atoms with Crippen molar-refractivity contribution in [3.05, 3.63) is 47.0 Å². The zero-order chi connectivity index (χ0) is 27.2. The molecular weight excluding hydrogens is 480 g/mol. The maximum Gasteiger partial charge on any atom is 0.237 e. The van der Waals surface area contributed by atoms with Gasteiger partial charge in [-0.05, 0) is 87.4 Å². The molecule has 7 heteroatoms. The Morgan fingerprint density at radius 1 is 0.921 bits per heavy atom. The number of benzene rings is 2. The topological polar surface area (TPSA) is 69.3 Å². The zero-order valence-electron chi connectivity index (χ0n) is 23.8. The van der Waals surface area contributed by atoms with Gasteiger partial charge in [0.05, 0.1) is 33.5 Å². The number of nitrogens with zero attached hydrogens (tertiary/aromatic N) is 1. The summed E-state index contributed by atoms with van der Waals surface area (Å²) in [4.78, 5) is 15.8. The summed E-state index contributed by atoms with van der Waals surface area (Å²) in [5.74, 6) is 3.01. The van der Waals surface area contributed by atoms with Gasteiger partial charge in [-0.1, -0.05) is 25.3 Å². The van der Waals surface area contributed by atoms with Crippen molar-refractivity contribution in [2.75, 3.05) is 27.9 Å². The standard InChI is InChI=1S/C31H44N2O5/c1-20(2)38-30-19-25-23(18-29(30)37-6)14-15-33(21(3)31(34)32-24-10-8-7-9-11-24)26(25)16-22-12-13-27(35-4)28(17-22)36-5/h12-13,17-21,24,26H,7-11,14-16H2,1-6H3,(H,32,34). The Labute approximate surface area is 227 Å². The van der Waals surface area contributed by atoms with Gasteiger partial charge in [0.15, 0.2) is 23.0 Å². The van der Waals surface area contributed by atoms with Gasteiger partial charge in [-0.2, -0.15) is 0 Å². The molecule has 2 aliphatic rings. The third-order valence-electron chi connectivity index (χ3n) is 7.89. The fourth-order valence-electron chi connectivity index (χ4n) is 5.88. The van der Waals surface area contributed by atoms with Gasteiger partial charge in [0.2, 0.25) is 5.91 Å². The van der Waals surface area contributed by atoms with Crippen LogP contribution < -0.4 is 24.3 Å². The van der Waals surface area contributed by atoms with Crippen LogP contribution in [0.1, 0.15) is 75.6 Å². The third-order valence-corrected chi connectivity index (χ3v) is 7.89. The van der Waals surface area contributed by atoms with E-state index in [4.69, 9.17) is 18.9 Å². The molecule has 7 nitrogen and oxygen atoms in total. The molecule has 1 fully saturated rings. The van der Waals surface area contributed by atoms with E-state index in [1.165, 1.54) is 30.4 Å². The number of nitrogens with one attached hydrogen (secondary N) is 1. The van der Waals surface area contributed by atoms with Crippen LogP contribution in [0.4, 0.5) is 0 Å². The minimum atomic E-state index is -0.258. The Balaban J connectivity index is 1.69. The van der Waals surface area contributed by atoms with E-state index in [9.17, 15) is 4.79 Å². The Hall–Kier alpha value is -2.93. The summed E-state index contributed by atoms with van der Waals surface area (Å²) >= 11 is 0. The number of carbonyl (C=O) groups excluding carboxylic acids is 1. The number of hydrogen-bond donors (Lipinski definition) is 1. The van der Waals surface area contributed by atoms with Gasteiger partial charge in [-0.25, -0.2) is 0 Å². The first kappa shape index (κ1) is 28.1. The lowest BCUT2D eigenvalue weighted by Gasteiger charge is -2.41. The Kier molecular flexibility index (Phi) is 9.42. The third kappa shape index (κ3) is 6.37. The SMILES string of the molecule is COc1ccc(CC2c3cc(OC(C)C)c(OC)cc3CCN2C(C)C(=O)NC2CCCCC2)cc1OC. The molecule has 1 aliphatic carbocycles. The molecule has 1 heterocycles. The molecule has 0 spiro atoms. The van der Waals surface area contributed by atoms with Gasteiger partial charge in [-0.3, -0.25) is 9.69 Å². The number of rotatable bonds is 10. The molecule has 1 saturated carbocycles. The molecule has 2 aromatic rings. The van der Waals surface area contributed by atoms with Gasteiger partial charge < -0.3 is 24.3 Å². The summed E-state index contributed by atoms with van der Waals surface area (Å²) in [6.07, 6.45) is 7.39. The number of carbonyl (C=O) groups is 1. The second kappa shape index (κ2) is 12.7. The highest BCUT2D eigenvalue weighted by atomic mass is 16.5. The van der Waals surface area contributed by atoms with Gasteiger partial charge in [0.1, 0.15) is 0 Å². The van der Waals surface area contributed by atoms with Crippen LogP contribution in [0, 0.1) is 0 Å². The van der Waals surface area contributed by atoms with Crippen LogP contribution in [0.2, 0.25) is 0 Å². The Morgan fingerprint density at radius 3 is 2.26 bits per heavy atom. The first-order valence-corrected chi connectivity index (χ1v) is 14.0. The van der Waals surface area contributed by atoms with E-state index in [0.717, 1.165) is 49.3 Å². The molecule has 0 aromatic heterocycles. The second-order valence-electron chi connectivity index (χ2n) is 10.8. The van der Waals surface area contributed by atoms with Gasteiger partial charge in [0.25, 0.3) is 0 Å². The minimum absolute atomic E-state index is 0.00984. The van der Waals surface area contributed by atoms with Crippen LogP contribution >= 0.6 is 0 Å². The van der Waals surface area contributed by atoms with Crippen molar-refractivity contribution in [2.24, 2.45) is 0 Å². The smallest absolute Gasteiger partial charge is 0.237 e. The molecule has 2 unspecified atom stereocenters. The number of methoxy groups -OCH3 is 3. The van der Waals surface area contributed by atoms with Gasteiger partial charge in [0, 0.05) is 18.6 Å². The molecule has 0 bridgehead atoms. The Morgan fingerprint density at radius 2 is 1.61 bits per heavy atom. The molecule has 1 aliphatic heterocycles. The number of fused-ring (bicyclic) bond motifs is 1.